The summed E-state index contributed by atoms with van der Waals surface area (Å²) in [6, 6.07) is 8.02. The number of nitrogen functional groups attached to an aromatic ring is 2. The lowest BCUT2D eigenvalue weighted by molar-refractivity contribution is -0.0790. The van der Waals surface area contributed by atoms with Gasteiger partial charge in [-0.05, 0) is 62.9 Å². The van der Waals surface area contributed by atoms with Gasteiger partial charge in [0.05, 0.1) is 37.4 Å². The number of methoxy groups -OCH3 is 1. The summed E-state index contributed by atoms with van der Waals surface area (Å²) in [7, 11) is 3.82. The van der Waals surface area contributed by atoms with Crippen LogP contribution in [0.3, 0.4) is 0 Å². The van der Waals surface area contributed by atoms with Crippen molar-refractivity contribution >= 4 is 35.4 Å². The topological polar surface area (TPSA) is 128 Å². The minimum absolute atomic E-state index is 0.313. The van der Waals surface area contributed by atoms with E-state index >= 15 is 0 Å². The molecule has 2 aromatic carbocycles. The Labute approximate surface area is 247 Å². The first-order valence-electron chi connectivity index (χ1n) is 14.0. The van der Waals surface area contributed by atoms with Crippen molar-refractivity contribution in [1.29, 1.82) is 5.41 Å². The van der Waals surface area contributed by atoms with Crippen LogP contribution in [0.4, 0.5) is 11.4 Å². The van der Waals surface area contributed by atoms with E-state index in [-0.39, 0.29) is 0 Å². The largest absolute Gasteiger partial charge is 0.398 e. The summed E-state index contributed by atoms with van der Waals surface area (Å²) in [5, 5.41) is 14.0. The number of aromatic nitrogens is 2. The Bertz CT molecular complexity index is 1470. The number of benzene rings is 2. The van der Waals surface area contributed by atoms with Gasteiger partial charge in [0.15, 0.2) is 0 Å². The average Bonchev–Trinajstić information content (AvgIpc) is 3.23. The van der Waals surface area contributed by atoms with Crippen molar-refractivity contribution in [1.82, 2.24) is 14.7 Å². The number of nitrogens with zero attached hydrogens (tertiary/aromatic N) is 4. The van der Waals surface area contributed by atoms with Crippen LogP contribution in [-0.2, 0) is 9.47 Å². The number of hydrogen-bond donors (Lipinski definition) is 3. The van der Waals surface area contributed by atoms with Gasteiger partial charge in [-0.2, -0.15) is 5.10 Å². The van der Waals surface area contributed by atoms with Crippen molar-refractivity contribution < 1.29 is 9.47 Å². The van der Waals surface area contributed by atoms with Gasteiger partial charge >= 0.3 is 0 Å². The summed E-state index contributed by atoms with van der Waals surface area (Å²) >= 11 is 6.97. The fraction of sp³-hybridized carbons (Fsp3) is 0.452. The maximum Gasteiger partial charge on any atom is 0.101 e. The molecule has 0 bridgehead atoms. The van der Waals surface area contributed by atoms with Crippen molar-refractivity contribution in [3.63, 3.8) is 0 Å². The number of nitrogens with one attached hydrogen (secondary N) is 1. The molecule has 9 nitrogen and oxygen atoms in total. The Balaban J connectivity index is 1.55. The lowest BCUT2D eigenvalue weighted by Crippen LogP contribution is -2.60. The highest BCUT2D eigenvalue weighted by Crippen LogP contribution is 2.55. The Kier molecular flexibility index (Phi) is 8.52. The van der Waals surface area contributed by atoms with Gasteiger partial charge in [-0.1, -0.05) is 17.7 Å². The molecule has 0 amide bonds. The fourth-order valence-corrected chi connectivity index (χ4v) is 6.69. The third-order valence-electron chi connectivity index (χ3n) is 8.34. The number of aliphatic imine (C=N–C) groups is 1. The molecule has 5 N–H and O–H groups in total. The Morgan fingerprint density at radius 3 is 2.56 bits per heavy atom. The van der Waals surface area contributed by atoms with Crippen molar-refractivity contribution in [2.24, 2.45) is 10.4 Å². The zero-order valence-corrected chi connectivity index (χ0v) is 25.1. The molecule has 10 heteroatoms. The molecule has 41 heavy (non-hydrogen) atoms. The number of rotatable bonds is 11. The van der Waals surface area contributed by atoms with E-state index < -0.39 is 0 Å². The van der Waals surface area contributed by atoms with Gasteiger partial charge in [0.2, 0.25) is 0 Å². The SMILES string of the molecule is COCCOCCN=Cc1cc(-c2nn(C3CC4(C3)CN(C)C4)c(C)c2-c2c(Cl)c(C)cc(N)c2C=N)ccc1N. The predicted molar refractivity (Wildman–Crippen MR) is 168 cm³/mol. The summed E-state index contributed by atoms with van der Waals surface area (Å²) in [5.74, 6) is 0. The zero-order chi connectivity index (χ0) is 29.3. The summed E-state index contributed by atoms with van der Waals surface area (Å²) in [4.78, 5) is 6.90. The van der Waals surface area contributed by atoms with E-state index in [2.05, 4.69) is 28.5 Å². The number of ether oxygens (including phenoxy) is 2. The van der Waals surface area contributed by atoms with E-state index in [1.54, 1.807) is 13.3 Å². The second kappa shape index (κ2) is 11.9. The van der Waals surface area contributed by atoms with E-state index in [4.69, 9.17) is 43.0 Å². The van der Waals surface area contributed by atoms with Gasteiger partial charge in [-0.3, -0.25) is 9.67 Å². The maximum atomic E-state index is 8.19. The van der Waals surface area contributed by atoms with Gasteiger partial charge < -0.3 is 31.3 Å². The van der Waals surface area contributed by atoms with Gasteiger partial charge in [0, 0.05) is 77.5 Å². The summed E-state index contributed by atoms with van der Waals surface area (Å²) < 4.78 is 12.7. The number of halogens is 1. The average molecular weight is 578 g/mol. The smallest absolute Gasteiger partial charge is 0.101 e. The Morgan fingerprint density at radius 2 is 1.88 bits per heavy atom. The van der Waals surface area contributed by atoms with Crippen LogP contribution in [0.15, 0.2) is 29.3 Å². The highest BCUT2D eigenvalue weighted by atomic mass is 35.5. The predicted octanol–water partition coefficient (Wildman–Crippen LogP) is 5.00. The number of likely N-dealkylation sites (tertiary alicyclic amines) is 1. The van der Waals surface area contributed by atoms with E-state index in [9.17, 15) is 0 Å². The molecule has 2 aliphatic rings. The number of aryl methyl sites for hydroxylation is 1. The molecule has 3 aromatic rings. The quantitative estimate of drug-likeness (QED) is 0.167. The number of nitrogens with two attached hydrogens (primary N) is 2. The first kappa shape index (κ1) is 29.3. The molecule has 2 heterocycles. The lowest BCUT2D eigenvalue weighted by atomic mass is 9.61. The molecule has 1 aliphatic heterocycles. The van der Waals surface area contributed by atoms with Crippen LogP contribution in [0, 0.1) is 24.7 Å². The summed E-state index contributed by atoms with van der Waals surface area (Å²) in [6.45, 7) is 8.43. The first-order valence-corrected chi connectivity index (χ1v) is 14.4. The molecular weight excluding hydrogens is 538 g/mol. The van der Waals surface area contributed by atoms with Crippen molar-refractivity contribution in [2.45, 2.75) is 32.7 Å². The van der Waals surface area contributed by atoms with E-state index in [0.29, 0.717) is 59.8 Å². The molecule has 1 aromatic heterocycles. The molecule has 0 radical (unpaired) electrons. The van der Waals surface area contributed by atoms with Crippen LogP contribution in [0.1, 0.15) is 41.3 Å². The maximum absolute atomic E-state index is 8.19. The third-order valence-corrected chi connectivity index (χ3v) is 8.83. The third kappa shape index (κ3) is 5.64. The van der Waals surface area contributed by atoms with Crippen LogP contribution >= 0.6 is 11.6 Å². The molecule has 218 valence electrons. The van der Waals surface area contributed by atoms with Crippen molar-refractivity contribution in [3.05, 3.63) is 51.7 Å². The van der Waals surface area contributed by atoms with E-state index in [1.165, 1.54) is 6.21 Å². The second-order valence-corrected chi connectivity index (χ2v) is 11.9. The molecule has 0 atom stereocenters. The molecular formula is C31H40ClN7O2. The number of hydrogen-bond acceptors (Lipinski definition) is 8. The molecule has 1 saturated carbocycles. The molecule has 1 saturated heterocycles. The first-order chi connectivity index (χ1) is 19.7. The fourth-order valence-electron chi connectivity index (χ4n) is 6.44. The normalized spacial score (nSPS) is 16.8. The number of anilines is 2. The van der Waals surface area contributed by atoms with Crippen LogP contribution in [-0.4, -0.2) is 80.7 Å². The highest BCUT2D eigenvalue weighted by molar-refractivity contribution is 6.35. The minimum atomic E-state index is 0.313. The molecule has 1 aliphatic carbocycles. The standard InChI is InChI=1S/C31H40ClN7O2/c1-19-11-26(35)24(15-33)28(29(19)32)27-20(2)39(23-13-31(14-23)17-38(3)18-31)37-30(27)21-5-6-25(34)22(12-21)16-36-7-8-41-10-9-40-4/h5-6,11-12,15-16,23,33H,7-10,13-14,17-18,34-35H2,1-4H3. The molecule has 0 unspecified atom stereocenters. The van der Waals surface area contributed by atoms with Crippen molar-refractivity contribution in [2.75, 3.05) is 65.1 Å². The van der Waals surface area contributed by atoms with Gasteiger partial charge in [0.1, 0.15) is 5.69 Å². The van der Waals surface area contributed by atoms with E-state index in [0.717, 1.165) is 65.1 Å². The zero-order valence-electron chi connectivity index (χ0n) is 24.3. The second-order valence-electron chi connectivity index (χ2n) is 11.5. The molecule has 2 fully saturated rings. The summed E-state index contributed by atoms with van der Waals surface area (Å²) in [5.41, 5.74) is 20.9. The highest BCUT2D eigenvalue weighted by Gasteiger charge is 2.52. The van der Waals surface area contributed by atoms with Crippen LogP contribution in [0.2, 0.25) is 5.02 Å². The minimum Gasteiger partial charge on any atom is -0.398 e. The van der Waals surface area contributed by atoms with Crippen LogP contribution < -0.4 is 11.5 Å². The molecule has 5 rings (SSSR count). The summed E-state index contributed by atoms with van der Waals surface area (Å²) in [6.07, 6.45) is 5.28. The van der Waals surface area contributed by atoms with Gasteiger partial charge in [-0.15, -0.1) is 0 Å². The van der Waals surface area contributed by atoms with Gasteiger partial charge in [0.25, 0.3) is 0 Å². The monoisotopic (exact) mass is 577 g/mol. The van der Waals surface area contributed by atoms with Gasteiger partial charge in [-0.25, -0.2) is 0 Å². The Hall–Kier alpha value is -3.24. The molecule has 1 spiro atoms. The lowest BCUT2D eigenvalue weighted by Gasteiger charge is -2.58. The van der Waals surface area contributed by atoms with Crippen LogP contribution in [0.5, 0.6) is 0 Å². The van der Waals surface area contributed by atoms with E-state index in [1.807, 2.05) is 31.2 Å². The van der Waals surface area contributed by atoms with Crippen molar-refractivity contribution in [3.8, 4) is 22.4 Å². The van der Waals surface area contributed by atoms with Crippen LogP contribution in [0.25, 0.3) is 22.4 Å². The Morgan fingerprint density at radius 1 is 1.12 bits per heavy atom.